The zero-order valence-corrected chi connectivity index (χ0v) is 13.4. The average Bonchev–Trinajstić information content (AvgIpc) is 2.50. The monoisotopic (exact) mass is 293 g/mol. The molecule has 2 atom stereocenters. The number of aromatic nitrogens is 2. The molecule has 1 N–H and O–H groups in total. The lowest BCUT2D eigenvalue weighted by molar-refractivity contribution is 0.143. The Bertz CT molecular complexity index is 440. The van der Waals surface area contributed by atoms with Crippen LogP contribution in [0.4, 0.5) is 5.82 Å². The molecule has 2 unspecified atom stereocenters. The van der Waals surface area contributed by atoms with Crippen LogP contribution in [0.5, 0.6) is 5.88 Å². The van der Waals surface area contributed by atoms with Gasteiger partial charge in [-0.05, 0) is 18.8 Å². The van der Waals surface area contributed by atoms with Crippen molar-refractivity contribution in [2.45, 2.75) is 52.0 Å². The molecule has 0 radical (unpaired) electrons. The van der Waals surface area contributed by atoms with E-state index in [9.17, 15) is 0 Å². The van der Waals surface area contributed by atoms with Crippen molar-refractivity contribution in [2.75, 3.05) is 25.6 Å². The van der Waals surface area contributed by atoms with Gasteiger partial charge in [0.25, 0.3) is 0 Å². The van der Waals surface area contributed by atoms with Gasteiger partial charge in [0.2, 0.25) is 5.88 Å². The van der Waals surface area contributed by atoms with Crippen LogP contribution in [0.1, 0.15) is 45.4 Å². The zero-order chi connectivity index (χ0) is 15.1. The van der Waals surface area contributed by atoms with E-state index in [1.807, 2.05) is 6.07 Å². The first-order chi connectivity index (χ1) is 10.2. The smallest absolute Gasteiger partial charge is 0.218 e. The fourth-order valence-corrected chi connectivity index (χ4v) is 2.73. The van der Waals surface area contributed by atoms with Crippen LogP contribution in [0, 0.1) is 5.92 Å². The first-order valence-corrected chi connectivity index (χ1v) is 7.99. The minimum absolute atomic E-state index is 0.505. The van der Waals surface area contributed by atoms with E-state index < -0.39 is 0 Å². The lowest BCUT2D eigenvalue weighted by atomic mass is 9.86. The number of ether oxygens (including phenoxy) is 2. The molecule has 1 aromatic rings. The van der Waals surface area contributed by atoms with E-state index in [1.54, 1.807) is 7.11 Å². The second-order valence-electron chi connectivity index (χ2n) is 5.72. The van der Waals surface area contributed by atoms with Gasteiger partial charge in [-0.1, -0.05) is 26.7 Å². The van der Waals surface area contributed by atoms with Gasteiger partial charge < -0.3 is 14.8 Å². The van der Waals surface area contributed by atoms with Crippen LogP contribution in [-0.4, -0.2) is 36.3 Å². The number of nitrogens with zero attached hydrogens (tertiary/aromatic N) is 2. The third kappa shape index (κ3) is 4.84. The maximum atomic E-state index is 5.63. The number of rotatable bonds is 7. The predicted octanol–water partition coefficient (Wildman–Crippen LogP) is 3.05. The molecule has 1 aliphatic carbocycles. The lowest BCUT2D eigenvalue weighted by Gasteiger charge is -2.30. The molecule has 1 aliphatic rings. The highest BCUT2D eigenvalue weighted by atomic mass is 16.5. The van der Waals surface area contributed by atoms with Crippen LogP contribution in [0.2, 0.25) is 0 Å². The molecule has 0 aromatic carbocycles. The Kier molecular flexibility index (Phi) is 6.23. The van der Waals surface area contributed by atoms with Gasteiger partial charge in [-0.2, -0.15) is 4.98 Å². The van der Waals surface area contributed by atoms with Crippen LogP contribution in [0.25, 0.3) is 0 Å². The second-order valence-corrected chi connectivity index (χ2v) is 5.72. The van der Waals surface area contributed by atoms with Gasteiger partial charge in [0.1, 0.15) is 18.2 Å². The Labute approximate surface area is 127 Å². The topological polar surface area (TPSA) is 56.3 Å². The van der Waals surface area contributed by atoms with Crippen LogP contribution in [-0.2, 0) is 11.2 Å². The molecule has 5 heteroatoms. The largest absolute Gasteiger partial charge is 0.475 e. The van der Waals surface area contributed by atoms with Crippen molar-refractivity contribution in [3.05, 3.63) is 11.9 Å². The highest BCUT2D eigenvalue weighted by molar-refractivity contribution is 5.39. The zero-order valence-electron chi connectivity index (χ0n) is 13.4. The van der Waals surface area contributed by atoms with E-state index >= 15 is 0 Å². The quantitative estimate of drug-likeness (QED) is 0.783. The molecule has 1 heterocycles. The van der Waals surface area contributed by atoms with Gasteiger partial charge in [0, 0.05) is 25.6 Å². The van der Waals surface area contributed by atoms with E-state index in [0.717, 1.165) is 18.1 Å². The third-order valence-electron chi connectivity index (χ3n) is 4.05. The molecule has 2 rings (SSSR count). The molecular formula is C16H27N3O2. The number of anilines is 1. The van der Waals surface area contributed by atoms with Crippen molar-refractivity contribution in [1.29, 1.82) is 0 Å². The van der Waals surface area contributed by atoms with Gasteiger partial charge in [-0.3, -0.25) is 0 Å². The lowest BCUT2D eigenvalue weighted by Crippen LogP contribution is -2.30. The first-order valence-electron chi connectivity index (χ1n) is 7.99. The van der Waals surface area contributed by atoms with Crippen molar-refractivity contribution >= 4 is 5.82 Å². The normalized spacial score (nSPS) is 22.0. The van der Waals surface area contributed by atoms with E-state index in [0.29, 0.717) is 31.1 Å². The van der Waals surface area contributed by atoms with Gasteiger partial charge in [0.05, 0.1) is 6.61 Å². The molecule has 1 saturated carbocycles. The summed E-state index contributed by atoms with van der Waals surface area (Å²) in [6.07, 6.45) is 5.95. The minimum atomic E-state index is 0.505. The molecule has 0 saturated heterocycles. The van der Waals surface area contributed by atoms with E-state index in [4.69, 9.17) is 9.47 Å². The molecule has 0 amide bonds. The number of aryl methyl sites for hydroxylation is 1. The summed E-state index contributed by atoms with van der Waals surface area (Å²) in [5.74, 6) is 3.02. The van der Waals surface area contributed by atoms with Crippen LogP contribution in [0.15, 0.2) is 6.07 Å². The fraction of sp³-hybridized carbons (Fsp3) is 0.750. The summed E-state index contributed by atoms with van der Waals surface area (Å²) in [6, 6.07) is 2.40. The Balaban J connectivity index is 2.04. The van der Waals surface area contributed by atoms with Crippen molar-refractivity contribution in [3.8, 4) is 5.88 Å². The Morgan fingerprint density at radius 3 is 2.76 bits per heavy atom. The maximum absolute atomic E-state index is 5.63. The minimum Gasteiger partial charge on any atom is -0.475 e. The van der Waals surface area contributed by atoms with Crippen molar-refractivity contribution in [2.24, 2.45) is 5.92 Å². The van der Waals surface area contributed by atoms with E-state index in [2.05, 4.69) is 29.1 Å². The SMILES string of the molecule is CCc1nc(NC2CCCCC2C)cc(OCCOC)n1. The Morgan fingerprint density at radius 1 is 1.24 bits per heavy atom. The van der Waals surface area contributed by atoms with Crippen molar-refractivity contribution < 1.29 is 9.47 Å². The van der Waals surface area contributed by atoms with E-state index in [1.165, 1.54) is 25.7 Å². The number of nitrogens with one attached hydrogen (secondary N) is 1. The Morgan fingerprint density at radius 2 is 2.05 bits per heavy atom. The molecule has 0 spiro atoms. The van der Waals surface area contributed by atoms with Gasteiger partial charge in [0.15, 0.2) is 0 Å². The highest BCUT2D eigenvalue weighted by Gasteiger charge is 2.21. The van der Waals surface area contributed by atoms with Crippen molar-refractivity contribution in [3.63, 3.8) is 0 Å². The Hall–Kier alpha value is -1.36. The summed E-state index contributed by atoms with van der Waals surface area (Å²) >= 11 is 0. The molecule has 21 heavy (non-hydrogen) atoms. The van der Waals surface area contributed by atoms with E-state index in [-0.39, 0.29) is 0 Å². The standard InChI is InChI=1S/C16H27N3O2/c1-4-14-18-15(11-16(19-14)21-10-9-20-3)17-13-8-6-5-7-12(13)2/h11-13H,4-10H2,1-3H3,(H,17,18,19). The van der Waals surface area contributed by atoms with Gasteiger partial charge in [-0.25, -0.2) is 4.98 Å². The summed E-state index contributed by atoms with van der Waals surface area (Å²) in [6.45, 7) is 5.44. The molecule has 1 fully saturated rings. The first kappa shape index (κ1) is 16.0. The molecule has 0 aliphatic heterocycles. The fourth-order valence-electron chi connectivity index (χ4n) is 2.73. The second kappa shape index (κ2) is 8.17. The predicted molar refractivity (Wildman–Crippen MR) is 83.8 cm³/mol. The number of hydrogen-bond acceptors (Lipinski definition) is 5. The van der Waals surface area contributed by atoms with Gasteiger partial charge in [-0.15, -0.1) is 0 Å². The molecular weight excluding hydrogens is 266 g/mol. The maximum Gasteiger partial charge on any atom is 0.218 e. The molecule has 118 valence electrons. The summed E-state index contributed by atoms with van der Waals surface area (Å²) < 4.78 is 10.6. The molecule has 5 nitrogen and oxygen atoms in total. The molecule has 1 aromatic heterocycles. The number of hydrogen-bond donors (Lipinski definition) is 1. The third-order valence-corrected chi connectivity index (χ3v) is 4.05. The summed E-state index contributed by atoms with van der Waals surface area (Å²) in [5, 5.41) is 3.57. The van der Waals surface area contributed by atoms with Gasteiger partial charge >= 0.3 is 0 Å². The van der Waals surface area contributed by atoms with Crippen LogP contribution < -0.4 is 10.1 Å². The number of methoxy groups -OCH3 is 1. The summed E-state index contributed by atoms with van der Waals surface area (Å²) in [5.41, 5.74) is 0. The van der Waals surface area contributed by atoms with Crippen molar-refractivity contribution in [1.82, 2.24) is 9.97 Å². The summed E-state index contributed by atoms with van der Waals surface area (Å²) in [4.78, 5) is 8.98. The average molecular weight is 293 g/mol. The van der Waals surface area contributed by atoms with Crippen LogP contribution in [0.3, 0.4) is 0 Å². The molecule has 0 bridgehead atoms. The van der Waals surface area contributed by atoms with Crippen LogP contribution >= 0.6 is 0 Å². The summed E-state index contributed by atoms with van der Waals surface area (Å²) in [7, 11) is 1.66. The highest BCUT2D eigenvalue weighted by Crippen LogP contribution is 2.27.